The summed E-state index contributed by atoms with van der Waals surface area (Å²) in [6, 6.07) is 8.00. The van der Waals surface area contributed by atoms with E-state index in [1.807, 2.05) is 24.3 Å². The van der Waals surface area contributed by atoms with Gasteiger partial charge in [-0.25, -0.2) is 4.98 Å². The number of anilines is 1. The van der Waals surface area contributed by atoms with Crippen molar-refractivity contribution in [3.63, 3.8) is 0 Å². The number of nitrogens with one attached hydrogen (secondary N) is 1. The maximum atomic E-state index is 12.2. The Kier molecular flexibility index (Phi) is 2.99. The summed E-state index contributed by atoms with van der Waals surface area (Å²) in [6.45, 7) is 0. The Hall–Kier alpha value is -1.42. The third-order valence-corrected chi connectivity index (χ3v) is 5.82. The van der Waals surface area contributed by atoms with E-state index in [9.17, 15) is 4.79 Å². The molecule has 2 bridgehead atoms. The van der Waals surface area contributed by atoms with Gasteiger partial charge in [0, 0.05) is 6.42 Å². The molecule has 1 aromatic carbocycles. The summed E-state index contributed by atoms with van der Waals surface area (Å²) >= 11 is 1.56. The molecule has 1 heterocycles. The average Bonchev–Trinajstić information content (AvgIpc) is 3.11. The molecule has 1 amide bonds. The van der Waals surface area contributed by atoms with Gasteiger partial charge in [0.05, 0.1) is 10.2 Å². The van der Waals surface area contributed by atoms with Crippen LogP contribution >= 0.6 is 11.3 Å². The first kappa shape index (κ1) is 12.3. The first-order chi connectivity index (χ1) is 9.78. The molecule has 20 heavy (non-hydrogen) atoms. The van der Waals surface area contributed by atoms with Crippen molar-refractivity contribution >= 4 is 32.6 Å². The molecular weight excluding hydrogens is 268 g/mol. The molecule has 0 spiro atoms. The van der Waals surface area contributed by atoms with Gasteiger partial charge in [-0.3, -0.25) is 4.79 Å². The van der Waals surface area contributed by atoms with Crippen LogP contribution in [-0.4, -0.2) is 10.9 Å². The molecule has 1 aromatic heterocycles. The minimum Gasteiger partial charge on any atom is -0.302 e. The van der Waals surface area contributed by atoms with Gasteiger partial charge in [0.2, 0.25) is 5.91 Å². The Balaban J connectivity index is 1.42. The predicted molar refractivity (Wildman–Crippen MR) is 81.8 cm³/mol. The Bertz CT molecular complexity index is 618. The van der Waals surface area contributed by atoms with E-state index in [4.69, 9.17) is 0 Å². The zero-order valence-electron chi connectivity index (χ0n) is 11.3. The van der Waals surface area contributed by atoms with Crippen LogP contribution in [0.2, 0.25) is 0 Å². The number of rotatable bonds is 3. The van der Waals surface area contributed by atoms with Gasteiger partial charge in [0.1, 0.15) is 0 Å². The molecule has 1 N–H and O–H groups in total. The van der Waals surface area contributed by atoms with Gasteiger partial charge in [-0.15, -0.1) is 0 Å². The maximum Gasteiger partial charge on any atom is 0.226 e. The number of hydrogen-bond donors (Lipinski definition) is 1. The second kappa shape index (κ2) is 4.85. The number of fused-ring (bicyclic) bond motifs is 3. The Morgan fingerprint density at radius 3 is 2.95 bits per heavy atom. The van der Waals surface area contributed by atoms with Crippen LogP contribution < -0.4 is 5.32 Å². The number of carbonyl (C=O) groups is 1. The zero-order valence-corrected chi connectivity index (χ0v) is 12.2. The van der Waals surface area contributed by atoms with Crippen LogP contribution in [0.1, 0.15) is 32.1 Å². The third kappa shape index (κ3) is 2.22. The molecule has 2 fully saturated rings. The number of thiazole rings is 1. The first-order valence-corrected chi connectivity index (χ1v) is 8.25. The van der Waals surface area contributed by atoms with Crippen molar-refractivity contribution in [2.75, 3.05) is 5.32 Å². The van der Waals surface area contributed by atoms with Crippen molar-refractivity contribution in [2.45, 2.75) is 32.1 Å². The summed E-state index contributed by atoms with van der Waals surface area (Å²) in [4.78, 5) is 16.6. The molecular formula is C16H18N2OS. The predicted octanol–water partition coefficient (Wildman–Crippen LogP) is 4.06. The van der Waals surface area contributed by atoms with Crippen LogP contribution in [0, 0.1) is 17.8 Å². The number of benzene rings is 1. The summed E-state index contributed by atoms with van der Waals surface area (Å²) in [5.41, 5.74) is 0.965. The largest absolute Gasteiger partial charge is 0.302 e. The van der Waals surface area contributed by atoms with Crippen LogP contribution in [0.25, 0.3) is 10.2 Å². The van der Waals surface area contributed by atoms with E-state index in [0.717, 1.165) is 27.2 Å². The molecule has 4 heteroatoms. The van der Waals surface area contributed by atoms with E-state index >= 15 is 0 Å². The lowest BCUT2D eigenvalue weighted by molar-refractivity contribution is -0.117. The smallest absolute Gasteiger partial charge is 0.226 e. The van der Waals surface area contributed by atoms with E-state index in [0.29, 0.717) is 12.3 Å². The van der Waals surface area contributed by atoms with Gasteiger partial charge in [-0.1, -0.05) is 29.9 Å². The molecule has 0 unspecified atom stereocenters. The van der Waals surface area contributed by atoms with E-state index in [1.165, 1.54) is 25.7 Å². The van der Waals surface area contributed by atoms with Crippen LogP contribution in [-0.2, 0) is 4.79 Å². The summed E-state index contributed by atoms with van der Waals surface area (Å²) < 4.78 is 1.13. The number of nitrogens with zero attached hydrogens (tertiary/aromatic N) is 1. The zero-order chi connectivity index (χ0) is 13.5. The molecule has 2 aliphatic carbocycles. The lowest BCUT2D eigenvalue weighted by atomic mass is 9.86. The van der Waals surface area contributed by atoms with Crippen molar-refractivity contribution in [1.29, 1.82) is 0 Å². The van der Waals surface area contributed by atoms with Crippen molar-refractivity contribution in [3.8, 4) is 0 Å². The minimum atomic E-state index is 0.140. The topological polar surface area (TPSA) is 42.0 Å². The van der Waals surface area contributed by atoms with Crippen LogP contribution in [0.4, 0.5) is 5.13 Å². The Labute approximate surface area is 122 Å². The normalized spacial score (nSPS) is 28.1. The average molecular weight is 286 g/mol. The van der Waals surface area contributed by atoms with Gasteiger partial charge < -0.3 is 5.32 Å². The molecule has 2 aromatic rings. The van der Waals surface area contributed by atoms with Crippen molar-refractivity contribution in [1.82, 2.24) is 4.98 Å². The standard InChI is InChI=1S/C16H18N2OS/c19-15(9-12-8-10-5-6-11(12)7-10)18-16-17-13-3-1-2-4-14(13)20-16/h1-4,10-12H,5-9H2,(H,17,18,19)/t10-,11+,12-/m0/s1. The van der Waals surface area contributed by atoms with Gasteiger partial charge in [0.15, 0.2) is 5.13 Å². The van der Waals surface area contributed by atoms with Gasteiger partial charge in [-0.05, 0) is 49.1 Å². The molecule has 104 valence electrons. The fourth-order valence-electron chi connectivity index (χ4n) is 3.96. The second-order valence-electron chi connectivity index (χ2n) is 6.17. The highest BCUT2D eigenvalue weighted by Crippen LogP contribution is 2.49. The van der Waals surface area contributed by atoms with Crippen molar-refractivity contribution < 1.29 is 4.79 Å². The van der Waals surface area contributed by atoms with Gasteiger partial charge in [0.25, 0.3) is 0 Å². The van der Waals surface area contributed by atoms with Gasteiger partial charge >= 0.3 is 0 Å². The summed E-state index contributed by atoms with van der Waals surface area (Å²) in [5, 5.41) is 3.72. The summed E-state index contributed by atoms with van der Waals surface area (Å²) in [6.07, 6.45) is 6.03. The molecule has 3 atom stereocenters. The number of hydrogen-bond acceptors (Lipinski definition) is 3. The highest BCUT2D eigenvalue weighted by molar-refractivity contribution is 7.22. The molecule has 0 radical (unpaired) electrons. The molecule has 0 saturated heterocycles. The first-order valence-electron chi connectivity index (χ1n) is 7.43. The van der Waals surface area contributed by atoms with E-state index < -0.39 is 0 Å². The number of aromatic nitrogens is 1. The fraction of sp³-hybridized carbons (Fsp3) is 0.500. The Morgan fingerprint density at radius 2 is 2.20 bits per heavy atom. The number of para-hydroxylation sites is 1. The SMILES string of the molecule is O=C(C[C@@H]1C[C@H]2CC[C@@H]1C2)Nc1nc2ccccc2s1. The number of amides is 1. The maximum absolute atomic E-state index is 12.2. The fourth-order valence-corrected chi connectivity index (χ4v) is 4.84. The van der Waals surface area contributed by atoms with Gasteiger partial charge in [-0.2, -0.15) is 0 Å². The van der Waals surface area contributed by atoms with Crippen molar-refractivity contribution in [2.24, 2.45) is 17.8 Å². The highest BCUT2D eigenvalue weighted by atomic mass is 32.1. The van der Waals surface area contributed by atoms with Crippen LogP contribution in [0.15, 0.2) is 24.3 Å². The quantitative estimate of drug-likeness (QED) is 0.924. The number of carbonyl (C=O) groups excluding carboxylic acids is 1. The molecule has 2 saturated carbocycles. The van der Waals surface area contributed by atoms with Crippen LogP contribution in [0.3, 0.4) is 0 Å². The Morgan fingerprint density at radius 1 is 1.30 bits per heavy atom. The van der Waals surface area contributed by atoms with Crippen LogP contribution in [0.5, 0.6) is 0 Å². The lowest BCUT2D eigenvalue weighted by Crippen LogP contribution is -2.20. The van der Waals surface area contributed by atoms with Crippen molar-refractivity contribution in [3.05, 3.63) is 24.3 Å². The second-order valence-corrected chi connectivity index (χ2v) is 7.20. The van der Waals surface area contributed by atoms with E-state index in [-0.39, 0.29) is 5.91 Å². The molecule has 3 nitrogen and oxygen atoms in total. The monoisotopic (exact) mass is 286 g/mol. The summed E-state index contributed by atoms with van der Waals surface area (Å²) in [7, 11) is 0. The lowest BCUT2D eigenvalue weighted by Gasteiger charge is -2.20. The third-order valence-electron chi connectivity index (χ3n) is 4.87. The summed E-state index contributed by atoms with van der Waals surface area (Å²) in [5.74, 6) is 2.46. The molecule has 0 aliphatic heterocycles. The van der Waals surface area contributed by atoms with E-state index in [2.05, 4.69) is 10.3 Å². The van der Waals surface area contributed by atoms with E-state index in [1.54, 1.807) is 11.3 Å². The molecule has 4 rings (SSSR count). The molecule has 2 aliphatic rings. The highest BCUT2D eigenvalue weighted by Gasteiger charge is 2.40. The minimum absolute atomic E-state index is 0.140.